The molecule has 0 aromatic heterocycles. The van der Waals surface area contributed by atoms with Gasteiger partial charge in [-0.15, -0.1) is 0 Å². The molecule has 0 aliphatic rings. The molecular formula is C22H30O4. The summed E-state index contributed by atoms with van der Waals surface area (Å²) >= 11 is 0. The molecule has 1 N–H and O–H groups in total. The van der Waals surface area contributed by atoms with Crippen molar-refractivity contribution in [2.24, 2.45) is 0 Å². The third-order valence-corrected chi connectivity index (χ3v) is 3.25. The Morgan fingerprint density at radius 3 is 2.85 bits per heavy atom. The van der Waals surface area contributed by atoms with Crippen molar-refractivity contribution in [1.29, 1.82) is 1.43 Å². The maximum absolute atomic E-state index is 8.45. The summed E-state index contributed by atoms with van der Waals surface area (Å²) in [5.74, 6) is -2.18. The molecule has 142 valence electrons. The maximum atomic E-state index is 8.45. The fourth-order valence-electron chi connectivity index (χ4n) is 1.77. The lowest BCUT2D eigenvalue weighted by atomic mass is 10.0. The number of benzene rings is 2. The second-order valence-corrected chi connectivity index (χ2v) is 5.09. The van der Waals surface area contributed by atoms with Crippen molar-refractivity contribution < 1.29 is 41.3 Å². The van der Waals surface area contributed by atoms with Gasteiger partial charge in [0.25, 0.3) is 0 Å². The summed E-state index contributed by atoms with van der Waals surface area (Å²) in [5, 5.41) is 4.18. The van der Waals surface area contributed by atoms with Gasteiger partial charge in [-0.05, 0) is 73.9 Å². The van der Waals surface area contributed by atoms with Crippen LogP contribution in [0.3, 0.4) is 0 Å². The highest BCUT2D eigenvalue weighted by Gasteiger charge is 2.07. The first-order valence-electron chi connectivity index (χ1n) is 16.0. The van der Waals surface area contributed by atoms with Crippen molar-refractivity contribution in [1.82, 2.24) is 0 Å². The highest BCUT2D eigenvalue weighted by Crippen LogP contribution is 2.28. The van der Waals surface area contributed by atoms with Crippen LogP contribution < -0.4 is 14.2 Å². The van der Waals surface area contributed by atoms with E-state index in [-0.39, 0.29) is 11.1 Å². The van der Waals surface area contributed by atoms with Crippen molar-refractivity contribution in [2.45, 2.75) is 45.5 Å². The lowest BCUT2D eigenvalue weighted by Crippen LogP contribution is -2.17. The zero-order chi connectivity index (χ0) is 33.7. The molecule has 4 nitrogen and oxygen atoms in total. The van der Waals surface area contributed by atoms with E-state index in [1.165, 1.54) is 13.8 Å². The predicted octanol–water partition coefficient (Wildman–Crippen LogP) is 4.47. The molecule has 0 radical (unpaired) electrons. The summed E-state index contributed by atoms with van der Waals surface area (Å²) in [6.45, 7) is -0.798. The van der Waals surface area contributed by atoms with Gasteiger partial charge >= 0.3 is 0 Å². The lowest BCUT2D eigenvalue weighted by Gasteiger charge is -2.13. The van der Waals surface area contributed by atoms with Gasteiger partial charge in [0.05, 0.1) is 36.7 Å². The summed E-state index contributed by atoms with van der Waals surface area (Å²) in [4.78, 5) is 0. The Morgan fingerprint density at radius 2 is 2.08 bits per heavy atom. The highest BCUT2D eigenvalue weighted by atomic mass is 16.5. The van der Waals surface area contributed by atoms with E-state index in [1.54, 1.807) is 0 Å². The topological polar surface area (TPSA) is 47.9 Å². The van der Waals surface area contributed by atoms with Gasteiger partial charge in [-0.3, -0.25) is 0 Å². The summed E-state index contributed by atoms with van der Waals surface area (Å²) in [6, 6.07) is -4.09. The summed E-state index contributed by atoms with van der Waals surface area (Å²) in [5.41, 5.74) is -0.142. The normalized spacial score (nSPS) is 24.7. The van der Waals surface area contributed by atoms with E-state index in [1.807, 2.05) is 0 Å². The summed E-state index contributed by atoms with van der Waals surface area (Å²) in [7, 11) is -2.06. The third-order valence-electron chi connectivity index (χ3n) is 3.25. The number of aliphatic hydroxyl groups is 1. The first kappa shape index (κ1) is 7.08. The van der Waals surface area contributed by atoms with E-state index >= 15 is 0 Å². The van der Waals surface area contributed by atoms with Crippen LogP contribution in [0.15, 0.2) is 36.3 Å². The van der Waals surface area contributed by atoms with Gasteiger partial charge in [0.2, 0.25) is 1.43 Å². The van der Waals surface area contributed by atoms with Gasteiger partial charge < -0.3 is 19.3 Å². The summed E-state index contributed by atoms with van der Waals surface area (Å²) < 4.78 is 152. The smallest absolute Gasteiger partial charge is 0.211 e. The minimum atomic E-state index is -3.67. The van der Waals surface area contributed by atoms with E-state index in [2.05, 4.69) is 5.11 Å². The Bertz CT molecular complexity index is 1350. The Balaban J connectivity index is 2.54. The third kappa shape index (κ3) is 5.95. The Morgan fingerprint density at radius 1 is 1.19 bits per heavy atom. The van der Waals surface area contributed by atoms with Crippen LogP contribution in [-0.2, 0) is 6.42 Å². The van der Waals surface area contributed by atoms with Gasteiger partial charge in [-0.2, -0.15) is 0 Å². The van der Waals surface area contributed by atoms with Crippen LogP contribution in [0.2, 0.25) is 0 Å². The first-order valence-corrected chi connectivity index (χ1v) is 7.55. The van der Waals surface area contributed by atoms with Crippen LogP contribution in [0.1, 0.15) is 57.8 Å². The number of ether oxygens (including phenoxy) is 3. The SMILES string of the molecule is [2H]OC([2H])(C([2H])([2H])CC([2H])([2H])Cc1c([2H])c([2H])c(OC([2H])([2H])[2H])c(OC)c1[2H])C([2H])([2H])Oc1c([2H])c([2H])c(C)c(C)c1[2H]. The number of methoxy groups -OCH3 is 2. The van der Waals surface area contributed by atoms with Crippen LogP contribution >= 0.6 is 0 Å². The quantitative estimate of drug-likeness (QED) is 0.629. The molecule has 0 bridgehead atoms. The van der Waals surface area contributed by atoms with Gasteiger partial charge in [0.1, 0.15) is 12.3 Å². The number of hydrogen-bond acceptors (Lipinski definition) is 4. The molecule has 4 heteroatoms. The molecule has 1 unspecified atom stereocenters. The summed E-state index contributed by atoms with van der Waals surface area (Å²) in [6.07, 6.45) is -12.3. The molecule has 0 aliphatic heterocycles. The first-order chi connectivity index (χ1) is 19.3. The Kier molecular flexibility index (Phi) is 2.74. The molecule has 0 spiro atoms. The van der Waals surface area contributed by atoms with E-state index < -0.39 is 104 Å². The van der Waals surface area contributed by atoms with E-state index in [0.29, 0.717) is 0 Å². The fourth-order valence-corrected chi connectivity index (χ4v) is 1.77. The monoisotopic (exact) mass is 375 g/mol. The second-order valence-electron chi connectivity index (χ2n) is 5.09. The van der Waals surface area contributed by atoms with Crippen molar-refractivity contribution in [2.75, 3.05) is 20.7 Å². The van der Waals surface area contributed by atoms with Crippen LogP contribution in [0, 0.1) is 13.8 Å². The van der Waals surface area contributed by atoms with Crippen molar-refractivity contribution in [3.8, 4) is 17.2 Å². The molecule has 0 aliphatic carbocycles. The highest BCUT2D eigenvalue weighted by molar-refractivity contribution is 5.42. The Hall–Kier alpha value is -2.20. The van der Waals surface area contributed by atoms with E-state index in [9.17, 15) is 0 Å². The second kappa shape index (κ2) is 10.1. The molecule has 0 saturated heterocycles. The molecule has 0 heterocycles. The van der Waals surface area contributed by atoms with Gasteiger partial charge in [-0.1, -0.05) is 18.5 Å². The predicted molar refractivity (Wildman–Crippen MR) is 105 cm³/mol. The zero-order valence-electron chi connectivity index (χ0n) is 31.5. The van der Waals surface area contributed by atoms with Crippen LogP contribution in [0.4, 0.5) is 0 Å². The van der Waals surface area contributed by atoms with Crippen molar-refractivity contribution in [3.63, 3.8) is 0 Å². The van der Waals surface area contributed by atoms with Crippen molar-refractivity contribution in [3.05, 3.63) is 52.9 Å². The fraction of sp³-hybridized carbons (Fsp3) is 0.455. The van der Waals surface area contributed by atoms with Crippen molar-refractivity contribution >= 4 is 0 Å². The molecule has 2 aromatic rings. The van der Waals surface area contributed by atoms with E-state index in [0.717, 1.165) is 7.11 Å². The molecule has 2 rings (SSSR count). The standard InChI is InChI=1S/C22H30O4/c1-16-9-11-20(13-17(16)2)26-15-19(23)8-6-5-7-18-10-12-21(24-3)22(14-18)25-4/h9-14,19,23H,5-8,15H2,1-4H3/i3D3,5D2,8D2,9D,10D,11D,12D,13D,14D,15D2,19D,23D. The average Bonchev–Trinajstić information content (AvgIpc) is 2.88. The van der Waals surface area contributed by atoms with Crippen LogP contribution in [0.5, 0.6) is 17.2 Å². The maximum Gasteiger partial charge on any atom is 0.211 e. The number of hydrogen-bond donors (Lipinski definition) is 1. The van der Waals surface area contributed by atoms with Gasteiger partial charge in [0, 0.05) is 5.48 Å². The lowest BCUT2D eigenvalue weighted by molar-refractivity contribution is 0.0976. The van der Waals surface area contributed by atoms with Gasteiger partial charge in [-0.25, -0.2) is 0 Å². The molecule has 26 heavy (non-hydrogen) atoms. The molecule has 2 aromatic carbocycles. The van der Waals surface area contributed by atoms with Crippen LogP contribution in [-0.4, -0.2) is 33.3 Å². The number of rotatable bonds is 11. The molecule has 1 atom stereocenters. The molecular weight excluding hydrogens is 328 g/mol. The molecule has 0 saturated carbocycles. The van der Waals surface area contributed by atoms with Crippen LogP contribution in [0.25, 0.3) is 0 Å². The molecule has 0 fully saturated rings. The van der Waals surface area contributed by atoms with Gasteiger partial charge in [0.15, 0.2) is 11.5 Å². The minimum Gasteiger partial charge on any atom is -0.493 e. The largest absolute Gasteiger partial charge is 0.493 e. The zero-order valence-corrected chi connectivity index (χ0v) is 14.5. The Labute approximate surface area is 180 Å². The average molecular weight is 376 g/mol. The minimum absolute atomic E-state index is 0.144. The molecule has 0 amide bonds. The van der Waals surface area contributed by atoms with E-state index in [4.69, 9.17) is 37.6 Å².